The van der Waals surface area contributed by atoms with Gasteiger partial charge in [0, 0.05) is 18.6 Å². The van der Waals surface area contributed by atoms with Crippen molar-refractivity contribution in [2.45, 2.75) is 0 Å². The monoisotopic (exact) mass is 350 g/mol. The van der Waals surface area contributed by atoms with Crippen molar-refractivity contribution in [1.82, 2.24) is 14.0 Å². The molecule has 0 fully saturated rings. The Labute approximate surface area is 129 Å². The number of nitrogens with zero attached hydrogens (tertiary/aromatic N) is 3. The molecule has 20 heavy (non-hydrogen) atoms. The molecule has 0 bridgehead atoms. The number of allylic oxidation sites excluding steroid dienone is 6. The van der Waals surface area contributed by atoms with Gasteiger partial charge in [0.1, 0.15) is 0 Å². The normalized spacial score (nSPS) is 21.1. The Morgan fingerprint density at radius 3 is 1.20 bits per heavy atom. The van der Waals surface area contributed by atoms with Crippen molar-refractivity contribution in [2.75, 3.05) is 19.6 Å². The Hall–Kier alpha value is -1.25. The largest absolute Gasteiger partial charge is 0.368 e. The molecular formula is C15H18BrN3P+. The van der Waals surface area contributed by atoms with Crippen molar-refractivity contribution in [2.24, 2.45) is 0 Å². The highest BCUT2D eigenvalue weighted by Crippen LogP contribution is 2.75. The van der Waals surface area contributed by atoms with Gasteiger partial charge < -0.3 is 0 Å². The molecule has 0 saturated carbocycles. The zero-order chi connectivity index (χ0) is 13.8. The molecule has 0 aromatic heterocycles. The maximum Gasteiger partial charge on any atom is 0.368 e. The van der Waals surface area contributed by atoms with E-state index < -0.39 is 6.42 Å². The lowest BCUT2D eigenvalue weighted by Crippen LogP contribution is -2.37. The molecular weight excluding hydrogens is 333 g/mol. The van der Waals surface area contributed by atoms with E-state index in [1.54, 1.807) is 0 Å². The van der Waals surface area contributed by atoms with Crippen molar-refractivity contribution in [3.05, 3.63) is 73.3 Å². The van der Waals surface area contributed by atoms with E-state index in [1.807, 2.05) is 0 Å². The van der Waals surface area contributed by atoms with Gasteiger partial charge in [0.2, 0.25) is 15.5 Å². The molecule has 0 unspecified atom stereocenters. The summed E-state index contributed by atoms with van der Waals surface area (Å²) in [5.74, 6) is 0. The standard InChI is InChI=1S/C15H18BrN3P/c16-20(17-10-4-1-5-11-17,18-12-6-2-7-13-18)19-14-8-3-9-15-19/h1-10,12,14H,11,13,15H2/q+1. The van der Waals surface area contributed by atoms with Crippen LogP contribution in [-0.2, 0) is 0 Å². The van der Waals surface area contributed by atoms with E-state index in [-0.39, 0.29) is 0 Å². The van der Waals surface area contributed by atoms with Crippen molar-refractivity contribution in [3.8, 4) is 0 Å². The van der Waals surface area contributed by atoms with Gasteiger partial charge in [0.25, 0.3) is 0 Å². The fourth-order valence-corrected chi connectivity index (χ4v) is 7.03. The number of halogens is 1. The van der Waals surface area contributed by atoms with Gasteiger partial charge >= 0.3 is 6.42 Å². The van der Waals surface area contributed by atoms with Crippen LogP contribution in [0.4, 0.5) is 0 Å². The van der Waals surface area contributed by atoms with Gasteiger partial charge in [-0.3, -0.25) is 0 Å². The Kier molecular flexibility index (Phi) is 4.13. The Morgan fingerprint density at radius 1 is 0.600 bits per heavy atom. The molecule has 0 aromatic carbocycles. The van der Waals surface area contributed by atoms with E-state index in [1.165, 1.54) is 0 Å². The van der Waals surface area contributed by atoms with E-state index in [2.05, 4.69) is 103 Å². The van der Waals surface area contributed by atoms with E-state index >= 15 is 0 Å². The van der Waals surface area contributed by atoms with Crippen LogP contribution in [0.25, 0.3) is 0 Å². The first-order chi connectivity index (χ1) is 9.82. The summed E-state index contributed by atoms with van der Waals surface area (Å²) in [5, 5.41) is 0. The highest BCUT2D eigenvalue weighted by Gasteiger charge is 2.52. The molecule has 3 heterocycles. The second-order valence-electron chi connectivity index (χ2n) is 4.67. The Bertz CT molecular complexity index is 459. The third-order valence-corrected chi connectivity index (χ3v) is 9.89. The maximum absolute atomic E-state index is 4.10. The van der Waals surface area contributed by atoms with Gasteiger partial charge in [-0.1, -0.05) is 36.5 Å². The van der Waals surface area contributed by atoms with Crippen molar-refractivity contribution >= 4 is 21.9 Å². The smallest absolute Gasteiger partial charge is 0.203 e. The van der Waals surface area contributed by atoms with Gasteiger partial charge in [-0.15, -0.1) is 0 Å². The summed E-state index contributed by atoms with van der Waals surface area (Å²) in [7, 11) is 0. The van der Waals surface area contributed by atoms with Gasteiger partial charge in [0.15, 0.2) is 0 Å². The average Bonchev–Trinajstić information content (AvgIpc) is 2.56. The van der Waals surface area contributed by atoms with Gasteiger partial charge in [-0.05, 0) is 18.2 Å². The minimum absolute atomic E-state index is 0.928. The molecule has 0 atom stereocenters. The molecule has 0 aromatic rings. The quantitative estimate of drug-likeness (QED) is 0.705. The van der Waals surface area contributed by atoms with E-state index in [4.69, 9.17) is 0 Å². The van der Waals surface area contributed by atoms with Gasteiger partial charge in [-0.2, -0.15) is 0 Å². The predicted octanol–water partition coefficient (Wildman–Crippen LogP) is 4.22. The van der Waals surface area contributed by atoms with Crippen LogP contribution < -0.4 is 0 Å². The maximum atomic E-state index is 4.10. The summed E-state index contributed by atoms with van der Waals surface area (Å²) in [6.45, 7) is 2.78. The van der Waals surface area contributed by atoms with Crippen LogP contribution in [0.5, 0.6) is 0 Å². The summed E-state index contributed by atoms with van der Waals surface area (Å²) in [4.78, 5) is 0. The van der Waals surface area contributed by atoms with Gasteiger partial charge in [-0.25, -0.2) is 14.0 Å². The zero-order valence-electron chi connectivity index (χ0n) is 11.2. The second-order valence-corrected chi connectivity index (χ2v) is 10.1. The zero-order valence-corrected chi connectivity index (χ0v) is 13.7. The second kappa shape index (κ2) is 6.02. The number of hydrogen-bond donors (Lipinski definition) is 0. The first-order valence-electron chi connectivity index (χ1n) is 6.72. The van der Waals surface area contributed by atoms with Crippen LogP contribution >= 0.6 is 21.9 Å². The van der Waals surface area contributed by atoms with Crippen molar-refractivity contribution < 1.29 is 0 Å². The molecule has 0 aliphatic carbocycles. The first-order valence-corrected chi connectivity index (χ1v) is 10.4. The van der Waals surface area contributed by atoms with Crippen molar-refractivity contribution in [3.63, 3.8) is 0 Å². The molecule has 3 nitrogen and oxygen atoms in total. The van der Waals surface area contributed by atoms with E-state index in [0.717, 1.165) is 19.6 Å². The average molecular weight is 351 g/mol. The summed E-state index contributed by atoms with van der Waals surface area (Å²) in [5.41, 5.74) is 0. The summed E-state index contributed by atoms with van der Waals surface area (Å²) in [6, 6.07) is 0. The predicted molar refractivity (Wildman–Crippen MR) is 90.8 cm³/mol. The molecule has 0 amide bonds. The Morgan fingerprint density at radius 2 is 0.950 bits per heavy atom. The molecule has 104 valence electrons. The lowest BCUT2D eigenvalue weighted by Gasteiger charge is -2.42. The van der Waals surface area contributed by atoms with Crippen molar-refractivity contribution in [1.29, 1.82) is 0 Å². The highest BCUT2D eigenvalue weighted by molar-refractivity contribution is 9.41. The van der Waals surface area contributed by atoms with E-state index in [0.29, 0.717) is 0 Å². The van der Waals surface area contributed by atoms with Crippen LogP contribution in [-0.4, -0.2) is 33.6 Å². The van der Waals surface area contributed by atoms with Crippen LogP contribution in [0.1, 0.15) is 0 Å². The molecule has 0 saturated heterocycles. The fourth-order valence-electron chi connectivity index (χ4n) is 2.38. The molecule has 3 aliphatic heterocycles. The highest BCUT2D eigenvalue weighted by atomic mass is 79.9. The fraction of sp³-hybridized carbons (Fsp3) is 0.200. The molecule has 0 N–H and O–H groups in total. The summed E-state index contributed by atoms with van der Waals surface area (Å²) in [6.07, 6.45) is 24.0. The molecule has 0 radical (unpaired) electrons. The number of rotatable bonds is 3. The number of hydrogen-bond acceptors (Lipinski definition) is 3. The summed E-state index contributed by atoms with van der Waals surface area (Å²) >= 11 is 4.10. The van der Waals surface area contributed by atoms with Crippen LogP contribution in [0.15, 0.2) is 73.3 Å². The topological polar surface area (TPSA) is 9.72 Å². The Balaban J connectivity index is 1.93. The van der Waals surface area contributed by atoms with Crippen LogP contribution in [0.3, 0.4) is 0 Å². The molecule has 0 spiro atoms. The van der Waals surface area contributed by atoms with Gasteiger partial charge in [0.05, 0.1) is 19.6 Å². The minimum Gasteiger partial charge on any atom is -0.203 e. The van der Waals surface area contributed by atoms with Crippen LogP contribution in [0, 0.1) is 0 Å². The lowest BCUT2D eigenvalue weighted by atomic mass is 10.4. The molecule has 3 aliphatic rings. The third-order valence-electron chi connectivity index (χ3n) is 3.37. The van der Waals surface area contributed by atoms with Crippen LogP contribution in [0.2, 0.25) is 0 Å². The van der Waals surface area contributed by atoms with E-state index in [9.17, 15) is 0 Å². The molecule has 5 heteroatoms. The lowest BCUT2D eigenvalue weighted by molar-refractivity contribution is 0.484. The molecule has 3 rings (SSSR count). The first kappa shape index (κ1) is 13.7. The third kappa shape index (κ3) is 2.50. The summed E-state index contributed by atoms with van der Waals surface area (Å²) < 4.78 is 7.21. The SMILES string of the molecule is Br[P+](N1C=CC=CC1)(N1C=CC=CC1)N1C=CC=CC1. The minimum atomic E-state index is -1.80.